The molecule has 1 atom stereocenters. The van der Waals surface area contributed by atoms with Crippen LogP contribution in [0.1, 0.15) is 28.6 Å². The van der Waals surface area contributed by atoms with Gasteiger partial charge in [0, 0.05) is 16.9 Å². The van der Waals surface area contributed by atoms with Gasteiger partial charge in [-0.2, -0.15) is 0 Å². The zero-order chi connectivity index (χ0) is 9.84. The summed E-state index contributed by atoms with van der Waals surface area (Å²) in [4.78, 5) is 12.8. The molecule has 13 heavy (non-hydrogen) atoms. The van der Waals surface area contributed by atoms with Crippen LogP contribution < -0.4 is 5.73 Å². The highest BCUT2D eigenvalue weighted by Gasteiger charge is 2.12. The van der Waals surface area contributed by atoms with Crippen LogP contribution in [0.25, 0.3) is 0 Å². The van der Waals surface area contributed by atoms with Gasteiger partial charge < -0.3 is 5.73 Å². The molecule has 0 bridgehead atoms. The molecule has 0 saturated heterocycles. The number of hydrogen-bond acceptors (Lipinski definition) is 3. The molecule has 3 heteroatoms. The molecule has 1 aromatic heterocycles. The standard InChI is InChI=1S/C10H15NOS/c1-7(6-11)5-10(12)9-3-4-13-8(9)2/h3-4,7H,5-6,11H2,1-2H3. The zero-order valence-electron chi connectivity index (χ0n) is 8.04. The number of carbonyl (C=O) groups is 1. The normalized spacial score (nSPS) is 12.8. The minimum absolute atomic E-state index is 0.219. The molecule has 72 valence electrons. The second-order valence-corrected chi connectivity index (χ2v) is 4.48. The van der Waals surface area contributed by atoms with E-state index < -0.39 is 0 Å². The minimum atomic E-state index is 0.219. The molecule has 0 amide bonds. The Hall–Kier alpha value is -0.670. The Labute approximate surface area is 82.8 Å². The second kappa shape index (κ2) is 4.53. The molecule has 1 rings (SSSR count). The molecular formula is C10H15NOS. The van der Waals surface area contributed by atoms with Gasteiger partial charge in [0.2, 0.25) is 0 Å². The predicted molar refractivity (Wildman–Crippen MR) is 56.2 cm³/mol. The van der Waals surface area contributed by atoms with Crippen LogP contribution >= 0.6 is 11.3 Å². The Morgan fingerprint density at radius 3 is 2.85 bits per heavy atom. The third-order valence-corrected chi connectivity index (χ3v) is 2.94. The van der Waals surface area contributed by atoms with Crippen molar-refractivity contribution in [3.63, 3.8) is 0 Å². The summed E-state index contributed by atoms with van der Waals surface area (Å²) in [5.74, 6) is 0.503. The van der Waals surface area contributed by atoms with E-state index in [0.29, 0.717) is 13.0 Å². The number of nitrogens with two attached hydrogens (primary N) is 1. The molecule has 0 aliphatic carbocycles. The van der Waals surface area contributed by atoms with Crippen LogP contribution in [0.15, 0.2) is 11.4 Å². The molecule has 0 aliphatic rings. The molecule has 1 unspecified atom stereocenters. The lowest BCUT2D eigenvalue weighted by Gasteiger charge is -2.06. The van der Waals surface area contributed by atoms with Gasteiger partial charge in [-0.15, -0.1) is 11.3 Å². The first kappa shape index (κ1) is 10.4. The maximum Gasteiger partial charge on any atom is 0.164 e. The van der Waals surface area contributed by atoms with Crippen LogP contribution in [0.4, 0.5) is 0 Å². The largest absolute Gasteiger partial charge is 0.330 e. The van der Waals surface area contributed by atoms with E-state index in [1.54, 1.807) is 11.3 Å². The SMILES string of the molecule is Cc1sccc1C(=O)CC(C)CN. The molecule has 0 spiro atoms. The number of rotatable bonds is 4. The lowest BCUT2D eigenvalue weighted by atomic mass is 10.0. The summed E-state index contributed by atoms with van der Waals surface area (Å²) in [6, 6.07) is 1.89. The van der Waals surface area contributed by atoms with Crippen LogP contribution in [0.3, 0.4) is 0 Å². The Bertz CT molecular complexity index is 293. The highest BCUT2D eigenvalue weighted by molar-refractivity contribution is 7.10. The second-order valence-electron chi connectivity index (χ2n) is 3.36. The monoisotopic (exact) mass is 197 g/mol. The maximum atomic E-state index is 11.6. The van der Waals surface area contributed by atoms with E-state index in [-0.39, 0.29) is 11.7 Å². The summed E-state index contributed by atoms with van der Waals surface area (Å²) in [5, 5.41) is 1.95. The van der Waals surface area contributed by atoms with Crippen molar-refractivity contribution in [2.45, 2.75) is 20.3 Å². The predicted octanol–water partition coefficient (Wildman–Crippen LogP) is 2.22. The van der Waals surface area contributed by atoms with Crippen molar-refractivity contribution >= 4 is 17.1 Å². The lowest BCUT2D eigenvalue weighted by Crippen LogP contribution is -2.15. The maximum absolute atomic E-state index is 11.6. The van der Waals surface area contributed by atoms with Gasteiger partial charge in [0.25, 0.3) is 0 Å². The molecule has 1 heterocycles. The Balaban J connectivity index is 2.64. The van der Waals surface area contributed by atoms with Crippen molar-refractivity contribution in [2.75, 3.05) is 6.54 Å². The number of Topliss-reactive ketones (excluding diaryl/α,β-unsaturated/α-hetero) is 1. The number of carbonyl (C=O) groups excluding carboxylic acids is 1. The lowest BCUT2D eigenvalue weighted by molar-refractivity contribution is 0.0966. The van der Waals surface area contributed by atoms with Gasteiger partial charge in [0.15, 0.2) is 5.78 Å². The van der Waals surface area contributed by atoms with Gasteiger partial charge in [-0.3, -0.25) is 4.79 Å². The van der Waals surface area contributed by atoms with E-state index in [1.165, 1.54) is 0 Å². The van der Waals surface area contributed by atoms with E-state index >= 15 is 0 Å². The average molecular weight is 197 g/mol. The van der Waals surface area contributed by atoms with Crippen LogP contribution in [0.5, 0.6) is 0 Å². The summed E-state index contributed by atoms with van der Waals surface area (Å²) >= 11 is 1.62. The Morgan fingerprint density at radius 2 is 2.38 bits per heavy atom. The molecule has 0 saturated carbocycles. The number of ketones is 1. The first-order chi connectivity index (χ1) is 6.15. The molecular weight excluding hydrogens is 182 g/mol. The summed E-state index contributed by atoms with van der Waals surface area (Å²) in [7, 11) is 0. The third kappa shape index (κ3) is 2.64. The molecule has 0 aromatic carbocycles. The fourth-order valence-electron chi connectivity index (χ4n) is 1.18. The van der Waals surface area contributed by atoms with E-state index in [2.05, 4.69) is 0 Å². The van der Waals surface area contributed by atoms with Crippen LogP contribution in [0, 0.1) is 12.8 Å². The van der Waals surface area contributed by atoms with Crippen LogP contribution in [-0.2, 0) is 0 Å². The van der Waals surface area contributed by atoms with Gasteiger partial charge >= 0.3 is 0 Å². The molecule has 2 N–H and O–H groups in total. The third-order valence-electron chi connectivity index (χ3n) is 2.10. The zero-order valence-corrected chi connectivity index (χ0v) is 8.86. The summed E-state index contributed by atoms with van der Waals surface area (Å²) in [5.41, 5.74) is 6.33. The van der Waals surface area contributed by atoms with Crippen molar-refractivity contribution in [1.82, 2.24) is 0 Å². The quantitative estimate of drug-likeness (QED) is 0.752. The molecule has 2 nitrogen and oxygen atoms in total. The smallest absolute Gasteiger partial charge is 0.164 e. The summed E-state index contributed by atoms with van der Waals surface area (Å²) in [6.45, 7) is 4.56. The summed E-state index contributed by atoms with van der Waals surface area (Å²) in [6.07, 6.45) is 0.564. The van der Waals surface area contributed by atoms with Crippen molar-refractivity contribution in [3.05, 3.63) is 21.9 Å². The number of thiophene rings is 1. The van der Waals surface area contributed by atoms with E-state index in [9.17, 15) is 4.79 Å². The number of aryl methyl sites for hydroxylation is 1. The van der Waals surface area contributed by atoms with Gasteiger partial charge in [-0.25, -0.2) is 0 Å². The highest BCUT2D eigenvalue weighted by atomic mass is 32.1. The van der Waals surface area contributed by atoms with E-state index in [1.807, 2.05) is 25.3 Å². The van der Waals surface area contributed by atoms with Crippen molar-refractivity contribution in [1.29, 1.82) is 0 Å². The Kier molecular flexibility index (Phi) is 3.63. The van der Waals surface area contributed by atoms with Crippen LogP contribution in [0.2, 0.25) is 0 Å². The fourth-order valence-corrected chi connectivity index (χ4v) is 1.90. The van der Waals surface area contributed by atoms with Crippen molar-refractivity contribution in [3.8, 4) is 0 Å². The minimum Gasteiger partial charge on any atom is -0.330 e. The topological polar surface area (TPSA) is 43.1 Å². The van der Waals surface area contributed by atoms with Crippen molar-refractivity contribution < 1.29 is 4.79 Å². The van der Waals surface area contributed by atoms with E-state index in [4.69, 9.17) is 5.73 Å². The first-order valence-electron chi connectivity index (χ1n) is 4.42. The summed E-state index contributed by atoms with van der Waals surface area (Å²) < 4.78 is 0. The Morgan fingerprint density at radius 1 is 1.69 bits per heavy atom. The van der Waals surface area contributed by atoms with Crippen LogP contribution in [-0.4, -0.2) is 12.3 Å². The van der Waals surface area contributed by atoms with Crippen molar-refractivity contribution in [2.24, 2.45) is 11.7 Å². The van der Waals surface area contributed by atoms with Gasteiger partial charge in [0.05, 0.1) is 0 Å². The van der Waals surface area contributed by atoms with Gasteiger partial charge in [-0.05, 0) is 30.8 Å². The van der Waals surface area contributed by atoms with Gasteiger partial charge in [-0.1, -0.05) is 6.92 Å². The fraction of sp³-hybridized carbons (Fsp3) is 0.500. The number of hydrogen-bond donors (Lipinski definition) is 1. The highest BCUT2D eigenvalue weighted by Crippen LogP contribution is 2.18. The molecule has 0 aliphatic heterocycles. The van der Waals surface area contributed by atoms with Gasteiger partial charge in [0.1, 0.15) is 0 Å². The first-order valence-corrected chi connectivity index (χ1v) is 5.30. The average Bonchev–Trinajstić information content (AvgIpc) is 2.51. The van der Waals surface area contributed by atoms with E-state index in [0.717, 1.165) is 10.4 Å². The molecule has 0 radical (unpaired) electrons. The molecule has 1 aromatic rings. The molecule has 0 fully saturated rings.